The van der Waals surface area contributed by atoms with Crippen LogP contribution in [0.25, 0.3) is 0 Å². The molecule has 0 unspecified atom stereocenters. The van der Waals surface area contributed by atoms with Crippen LogP contribution >= 0.6 is 27.3 Å². The molecular weight excluding hydrogens is 321 g/mol. The molecule has 1 heterocycles. The summed E-state index contributed by atoms with van der Waals surface area (Å²) in [5.74, 6) is -0.612. The Hall–Kier alpha value is -1.40. The van der Waals surface area contributed by atoms with Crippen LogP contribution in [0, 0.1) is 5.82 Å². The number of ether oxygens (including phenoxy) is 1. The Morgan fingerprint density at radius 3 is 2.83 bits per heavy atom. The van der Waals surface area contributed by atoms with Gasteiger partial charge in [0.15, 0.2) is 11.6 Å². The van der Waals surface area contributed by atoms with Crippen molar-refractivity contribution >= 4 is 38.9 Å². The van der Waals surface area contributed by atoms with E-state index in [0.29, 0.717) is 11.3 Å². The lowest BCUT2D eigenvalue weighted by atomic mass is 10.2. The number of halogens is 2. The summed E-state index contributed by atoms with van der Waals surface area (Å²) in [7, 11) is 1.38. The lowest BCUT2D eigenvalue weighted by Gasteiger charge is -2.06. The molecule has 2 rings (SSSR count). The maximum atomic E-state index is 13.2. The van der Waals surface area contributed by atoms with E-state index in [-0.39, 0.29) is 11.7 Å². The molecule has 1 amide bonds. The number of thiophene rings is 1. The number of amides is 1. The van der Waals surface area contributed by atoms with Crippen LogP contribution in [0.4, 0.5) is 10.1 Å². The second-order valence-corrected chi connectivity index (χ2v) is 5.73. The molecule has 0 aliphatic heterocycles. The van der Waals surface area contributed by atoms with Crippen LogP contribution in [0.1, 0.15) is 10.4 Å². The first kappa shape index (κ1) is 13.0. The second-order valence-electron chi connectivity index (χ2n) is 3.44. The normalized spacial score (nSPS) is 10.2. The fourth-order valence-electron chi connectivity index (χ4n) is 1.37. The zero-order valence-corrected chi connectivity index (χ0v) is 11.8. The zero-order chi connectivity index (χ0) is 13.1. The molecule has 0 atom stereocenters. The molecule has 1 N–H and O–H groups in total. The smallest absolute Gasteiger partial charge is 0.256 e. The zero-order valence-electron chi connectivity index (χ0n) is 9.37. The van der Waals surface area contributed by atoms with Crippen LogP contribution in [0.15, 0.2) is 33.4 Å². The summed E-state index contributed by atoms with van der Waals surface area (Å²) >= 11 is 4.71. The standard InChI is InChI=1S/C12H9BrFNO2S/c1-17-10-5-8(2-3-9(10)14)15-12(16)7-4-11(13)18-6-7/h2-6H,1H3,(H,15,16). The van der Waals surface area contributed by atoms with E-state index < -0.39 is 5.82 Å². The van der Waals surface area contributed by atoms with Gasteiger partial charge in [0.05, 0.1) is 16.5 Å². The summed E-state index contributed by atoms with van der Waals surface area (Å²) in [4.78, 5) is 11.9. The topological polar surface area (TPSA) is 38.3 Å². The first-order chi connectivity index (χ1) is 8.60. The van der Waals surface area contributed by atoms with E-state index in [1.165, 1.54) is 36.6 Å². The first-order valence-corrected chi connectivity index (χ1v) is 6.66. The average molecular weight is 330 g/mol. The van der Waals surface area contributed by atoms with Gasteiger partial charge >= 0.3 is 0 Å². The first-order valence-electron chi connectivity index (χ1n) is 4.99. The van der Waals surface area contributed by atoms with Gasteiger partial charge in [-0.1, -0.05) is 0 Å². The number of carbonyl (C=O) groups excluding carboxylic acids is 1. The molecule has 2 aromatic rings. The fourth-order valence-corrected chi connectivity index (χ4v) is 2.51. The number of rotatable bonds is 3. The highest BCUT2D eigenvalue weighted by atomic mass is 79.9. The van der Waals surface area contributed by atoms with Crippen LogP contribution in [0.2, 0.25) is 0 Å². The Balaban J connectivity index is 2.16. The number of hydrogen-bond acceptors (Lipinski definition) is 3. The summed E-state index contributed by atoms with van der Waals surface area (Å²) in [5.41, 5.74) is 1.04. The molecule has 3 nitrogen and oxygen atoms in total. The molecule has 0 aliphatic carbocycles. The maximum absolute atomic E-state index is 13.2. The lowest BCUT2D eigenvalue weighted by Crippen LogP contribution is -2.10. The van der Waals surface area contributed by atoms with Gasteiger partial charge in [-0.3, -0.25) is 4.79 Å². The number of benzene rings is 1. The van der Waals surface area contributed by atoms with Crippen LogP contribution in [-0.4, -0.2) is 13.0 Å². The van der Waals surface area contributed by atoms with E-state index >= 15 is 0 Å². The minimum absolute atomic E-state index is 0.0966. The van der Waals surface area contributed by atoms with Crippen molar-refractivity contribution in [2.24, 2.45) is 0 Å². The summed E-state index contributed by atoms with van der Waals surface area (Å²) < 4.78 is 18.9. The second kappa shape index (κ2) is 5.49. The van der Waals surface area contributed by atoms with E-state index in [1.54, 1.807) is 11.4 Å². The van der Waals surface area contributed by atoms with Crippen LogP contribution in [0.5, 0.6) is 5.75 Å². The Morgan fingerprint density at radius 2 is 2.22 bits per heavy atom. The van der Waals surface area contributed by atoms with E-state index in [1.807, 2.05) is 0 Å². The van der Waals surface area contributed by atoms with E-state index in [0.717, 1.165) is 3.79 Å². The molecular formula is C12H9BrFNO2S. The van der Waals surface area contributed by atoms with Gasteiger partial charge in [-0.05, 0) is 34.1 Å². The number of nitrogens with one attached hydrogen (secondary N) is 1. The molecule has 0 fully saturated rings. The molecule has 6 heteroatoms. The molecule has 0 aliphatic rings. The van der Waals surface area contributed by atoms with E-state index in [2.05, 4.69) is 21.2 Å². The molecule has 0 bridgehead atoms. The van der Waals surface area contributed by atoms with Crippen molar-refractivity contribution in [1.29, 1.82) is 0 Å². The Labute approximate surface area is 116 Å². The van der Waals surface area contributed by atoms with Gasteiger partial charge in [0.1, 0.15) is 0 Å². The number of hydrogen-bond donors (Lipinski definition) is 1. The largest absolute Gasteiger partial charge is 0.494 e. The highest BCUT2D eigenvalue weighted by molar-refractivity contribution is 9.11. The summed E-state index contributed by atoms with van der Waals surface area (Å²) in [6.45, 7) is 0. The van der Waals surface area contributed by atoms with Gasteiger partial charge in [-0.15, -0.1) is 11.3 Å². The Bertz CT molecular complexity index is 585. The third-order valence-electron chi connectivity index (χ3n) is 2.24. The minimum atomic E-state index is -0.464. The lowest BCUT2D eigenvalue weighted by molar-refractivity contribution is 0.102. The van der Waals surface area contributed by atoms with Gasteiger partial charge in [-0.2, -0.15) is 0 Å². The minimum Gasteiger partial charge on any atom is -0.494 e. The number of methoxy groups -OCH3 is 1. The highest BCUT2D eigenvalue weighted by Gasteiger charge is 2.10. The Morgan fingerprint density at radius 1 is 1.44 bits per heavy atom. The molecule has 1 aromatic heterocycles. The van der Waals surface area contributed by atoms with Crippen molar-refractivity contribution in [3.05, 3.63) is 44.8 Å². The van der Waals surface area contributed by atoms with Crippen molar-refractivity contribution in [2.75, 3.05) is 12.4 Å². The van der Waals surface area contributed by atoms with Crippen LogP contribution in [0.3, 0.4) is 0 Å². The van der Waals surface area contributed by atoms with Crippen molar-refractivity contribution < 1.29 is 13.9 Å². The predicted octanol–water partition coefficient (Wildman–Crippen LogP) is 3.91. The molecule has 18 heavy (non-hydrogen) atoms. The van der Waals surface area contributed by atoms with Gasteiger partial charge in [0.25, 0.3) is 5.91 Å². The monoisotopic (exact) mass is 329 g/mol. The van der Waals surface area contributed by atoms with Crippen LogP contribution < -0.4 is 10.1 Å². The average Bonchev–Trinajstić information content (AvgIpc) is 2.78. The van der Waals surface area contributed by atoms with Gasteiger partial charge < -0.3 is 10.1 Å². The van der Waals surface area contributed by atoms with Gasteiger partial charge in [-0.25, -0.2) is 4.39 Å². The van der Waals surface area contributed by atoms with Gasteiger partial charge in [0.2, 0.25) is 0 Å². The third kappa shape index (κ3) is 2.88. The SMILES string of the molecule is COc1cc(NC(=O)c2csc(Br)c2)ccc1F. The summed E-state index contributed by atoms with van der Waals surface area (Å²) in [6, 6.07) is 5.89. The highest BCUT2D eigenvalue weighted by Crippen LogP contribution is 2.24. The number of anilines is 1. The molecule has 1 aromatic carbocycles. The quantitative estimate of drug-likeness (QED) is 0.927. The van der Waals surface area contributed by atoms with Crippen molar-refractivity contribution in [3.8, 4) is 5.75 Å². The van der Waals surface area contributed by atoms with E-state index in [4.69, 9.17) is 4.74 Å². The van der Waals surface area contributed by atoms with Crippen molar-refractivity contribution in [3.63, 3.8) is 0 Å². The van der Waals surface area contributed by atoms with Gasteiger partial charge in [0, 0.05) is 17.1 Å². The molecule has 0 spiro atoms. The van der Waals surface area contributed by atoms with Crippen molar-refractivity contribution in [1.82, 2.24) is 0 Å². The fraction of sp³-hybridized carbons (Fsp3) is 0.0833. The Kier molecular flexibility index (Phi) is 3.98. The molecule has 94 valence electrons. The van der Waals surface area contributed by atoms with E-state index in [9.17, 15) is 9.18 Å². The number of carbonyl (C=O) groups is 1. The third-order valence-corrected chi connectivity index (χ3v) is 3.74. The summed E-state index contributed by atoms with van der Waals surface area (Å²) in [5, 5.41) is 4.41. The molecule has 0 saturated carbocycles. The maximum Gasteiger partial charge on any atom is 0.256 e. The molecule has 0 radical (unpaired) electrons. The van der Waals surface area contributed by atoms with Crippen LogP contribution in [-0.2, 0) is 0 Å². The summed E-state index contributed by atoms with van der Waals surface area (Å²) in [6.07, 6.45) is 0. The molecule has 0 saturated heterocycles. The van der Waals surface area contributed by atoms with Crippen molar-refractivity contribution in [2.45, 2.75) is 0 Å². The predicted molar refractivity (Wildman–Crippen MR) is 72.9 cm³/mol.